The van der Waals surface area contributed by atoms with Crippen LogP contribution in [0.5, 0.6) is 0 Å². The topological polar surface area (TPSA) is 64.7 Å². The predicted molar refractivity (Wildman–Crippen MR) is 109 cm³/mol. The molecule has 2 fully saturated rings. The van der Waals surface area contributed by atoms with Gasteiger partial charge in [0.2, 0.25) is 5.91 Å². The number of likely N-dealkylation sites (tertiary alicyclic amines) is 1. The maximum Gasteiger partial charge on any atom is 0.321 e. The van der Waals surface area contributed by atoms with Gasteiger partial charge in [-0.2, -0.15) is 0 Å². The van der Waals surface area contributed by atoms with Crippen molar-refractivity contribution in [2.45, 2.75) is 64.0 Å². The Bertz CT molecular complexity index is 706. The number of piperidine rings is 1. The first kappa shape index (κ1) is 20.4. The first-order chi connectivity index (χ1) is 13.4. The summed E-state index contributed by atoms with van der Waals surface area (Å²) in [6.45, 7) is 2.58. The van der Waals surface area contributed by atoms with Crippen LogP contribution in [-0.2, 0) is 4.79 Å². The van der Waals surface area contributed by atoms with Gasteiger partial charge < -0.3 is 20.4 Å². The van der Waals surface area contributed by atoms with Crippen LogP contribution in [0.2, 0.25) is 0 Å². The molecule has 3 rings (SSSR count). The van der Waals surface area contributed by atoms with Crippen LogP contribution in [0.15, 0.2) is 18.2 Å². The highest BCUT2D eigenvalue weighted by atomic mass is 19.1. The van der Waals surface area contributed by atoms with Gasteiger partial charge in [-0.1, -0.05) is 19.3 Å². The monoisotopic (exact) mass is 390 g/mol. The summed E-state index contributed by atoms with van der Waals surface area (Å²) < 4.78 is 14.7. The van der Waals surface area contributed by atoms with Crippen LogP contribution in [0.25, 0.3) is 0 Å². The van der Waals surface area contributed by atoms with Crippen molar-refractivity contribution in [1.82, 2.24) is 10.2 Å². The van der Waals surface area contributed by atoms with E-state index in [1.165, 1.54) is 32.3 Å². The van der Waals surface area contributed by atoms with E-state index in [0.29, 0.717) is 30.5 Å². The molecule has 0 spiro atoms. The van der Waals surface area contributed by atoms with E-state index in [0.717, 1.165) is 25.7 Å². The van der Waals surface area contributed by atoms with Gasteiger partial charge in [0.15, 0.2) is 0 Å². The largest absolute Gasteiger partial charge is 0.369 e. The summed E-state index contributed by atoms with van der Waals surface area (Å²) in [6, 6.07) is 4.98. The summed E-state index contributed by atoms with van der Waals surface area (Å²) in [5, 5.41) is 5.65. The third kappa shape index (κ3) is 5.14. The third-order valence-electron chi connectivity index (χ3n) is 5.82. The molecule has 28 heavy (non-hydrogen) atoms. The van der Waals surface area contributed by atoms with E-state index >= 15 is 0 Å². The standard InChI is InChI=1S/C21H31FN4O2/c1-15(27)23-17-7-6-12-26(14-17)21(28)24-16-10-11-20(19(22)13-16)25(2)18-8-4-3-5-9-18/h10-11,13,17-18H,3-9,12,14H2,1-2H3,(H,23,27)(H,24,28)/t17-/m1/s1. The number of benzene rings is 1. The van der Waals surface area contributed by atoms with Gasteiger partial charge in [0.25, 0.3) is 0 Å². The normalized spacial score (nSPS) is 20.5. The number of halogens is 1. The molecule has 2 N–H and O–H groups in total. The Kier molecular flexibility index (Phi) is 6.75. The second-order valence-electron chi connectivity index (χ2n) is 7.98. The van der Waals surface area contributed by atoms with Crippen LogP contribution < -0.4 is 15.5 Å². The fourth-order valence-electron chi connectivity index (χ4n) is 4.31. The number of rotatable bonds is 4. The first-order valence-corrected chi connectivity index (χ1v) is 10.3. The summed E-state index contributed by atoms with van der Waals surface area (Å²) in [5.41, 5.74) is 1.03. The molecule has 7 heteroatoms. The lowest BCUT2D eigenvalue weighted by Gasteiger charge is -2.34. The Morgan fingerprint density at radius 2 is 1.89 bits per heavy atom. The molecule has 0 unspecified atom stereocenters. The first-order valence-electron chi connectivity index (χ1n) is 10.3. The number of hydrogen-bond donors (Lipinski definition) is 2. The van der Waals surface area contributed by atoms with Crippen LogP contribution in [-0.4, -0.2) is 49.1 Å². The average Bonchev–Trinajstić information content (AvgIpc) is 2.68. The highest BCUT2D eigenvalue weighted by Gasteiger charge is 2.25. The molecule has 1 aliphatic heterocycles. The number of anilines is 2. The Labute approximate surface area is 166 Å². The van der Waals surface area contributed by atoms with Crippen molar-refractivity contribution >= 4 is 23.3 Å². The minimum Gasteiger partial charge on any atom is -0.369 e. The third-order valence-corrected chi connectivity index (χ3v) is 5.82. The molecule has 3 amide bonds. The summed E-state index contributed by atoms with van der Waals surface area (Å²) >= 11 is 0. The molecule has 1 saturated heterocycles. The van der Waals surface area contributed by atoms with Crippen LogP contribution >= 0.6 is 0 Å². The van der Waals surface area contributed by atoms with Crippen LogP contribution in [0.3, 0.4) is 0 Å². The van der Waals surface area contributed by atoms with Crippen LogP contribution in [0, 0.1) is 5.82 Å². The lowest BCUT2D eigenvalue weighted by Crippen LogP contribution is -2.50. The highest BCUT2D eigenvalue weighted by molar-refractivity contribution is 5.89. The molecule has 2 aliphatic rings. The summed E-state index contributed by atoms with van der Waals surface area (Å²) in [4.78, 5) is 27.5. The Morgan fingerprint density at radius 3 is 2.57 bits per heavy atom. The highest BCUT2D eigenvalue weighted by Crippen LogP contribution is 2.29. The number of amides is 3. The number of carbonyl (C=O) groups is 2. The molecule has 1 aromatic rings. The molecule has 1 heterocycles. The predicted octanol–water partition coefficient (Wildman–Crippen LogP) is 3.73. The average molecular weight is 391 g/mol. The van der Waals surface area contributed by atoms with Crippen LogP contribution in [0.4, 0.5) is 20.6 Å². The molecule has 1 aromatic carbocycles. The number of urea groups is 1. The van der Waals surface area contributed by atoms with Crippen molar-refractivity contribution in [2.75, 3.05) is 30.4 Å². The zero-order valence-electron chi connectivity index (χ0n) is 16.8. The van der Waals surface area contributed by atoms with Crippen molar-refractivity contribution in [3.63, 3.8) is 0 Å². The number of nitrogens with one attached hydrogen (secondary N) is 2. The second-order valence-corrected chi connectivity index (χ2v) is 7.98. The van der Waals surface area contributed by atoms with Crippen molar-refractivity contribution in [2.24, 2.45) is 0 Å². The SMILES string of the molecule is CC(=O)N[C@@H]1CCCN(C(=O)Nc2ccc(N(C)C3CCCCC3)c(F)c2)C1. The zero-order valence-corrected chi connectivity index (χ0v) is 16.8. The lowest BCUT2D eigenvalue weighted by molar-refractivity contribution is -0.119. The van der Waals surface area contributed by atoms with E-state index in [1.54, 1.807) is 17.0 Å². The van der Waals surface area contributed by atoms with Crippen molar-refractivity contribution < 1.29 is 14.0 Å². The van der Waals surface area contributed by atoms with E-state index < -0.39 is 0 Å². The van der Waals surface area contributed by atoms with Gasteiger partial charge in [-0.25, -0.2) is 9.18 Å². The van der Waals surface area contributed by atoms with E-state index in [4.69, 9.17) is 0 Å². The molecule has 154 valence electrons. The fraction of sp³-hybridized carbons (Fsp3) is 0.619. The molecule has 0 bridgehead atoms. The van der Waals surface area contributed by atoms with Gasteiger partial charge in [-0.3, -0.25) is 4.79 Å². The van der Waals surface area contributed by atoms with Gasteiger partial charge in [-0.15, -0.1) is 0 Å². The fourth-order valence-corrected chi connectivity index (χ4v) is 4.31. The molecule has 0 aromatic heterocycles. The maximum absolute atomic E-state index is 14.7. The number of carbonyl (C=O) groups excluding carboxylic acids is 2. The van der Waals surface area contributed by atoms with Gasteiger partial charge >= 0.3 is 6.03 Å². The van der Waals surface area contributed by atoms with E-state index in [9.17, 15) is 14.0 Å². The molecular weight excluding hydrogens is 359 g/mol. The molecule has 6 nitrogen and oxygen atoms in total. The maximum atomic E-state index is 14.7. The van der Waals surface area contributed by atoms with Crippen molar-refractivity contribution in [1.29, 1.82) is 0 Å². The minimum absolute atomic E-state index is 0.0275. The Morgan fingerprint density at radius 1 is 1.14 bits per heavy atom. The Balaban J connectivity index is 1.60. The molecule has 1 atom stereocenters. The van der Waals surface area contributed by atoms with E-state index in [1.807, 2.05) is 11.9 Å². The zero-order chi connectivity index (χ0) is 20.1. The van der Waals surface area contributed by atoms with E-state index in [-0.39, 0.29) is 23.8 Å². The Hall–Kier alpha value is -2.31. The van der Waals surface area contributed by atoms with E-state index in [2.05, 4.69) is 10.6 Å². The van der Waals surface area contributed by atoms with Gasteiger partial charge in [-0.05, 0) is 43.9 Å². The number of hydrogen-bond acceptors (Lipinski definition) is 3. The smallest absolute Gasteiger partial charge is 0.321 e. The molecule has 1 saturated carbocycles. The van der Waals surface area contributed by atoms with Gasteiger partial charge in [0, 0.05) is 44.8 Å². The summed E-state index contributed by atoms with van der Waals surface area (Å²) in [5.74, 6) is -0.410. The summed E-state index contributed by atoms with van der Waals surface area (Å²) in [7, 11) is 1.95. The second kappa shape index (κ2) is 9.26. The minimum atomic E-state index is -0.319. The summed E-state index contributed by atoms with van der Waals surface area (Å²) in [6.07, 6.45) is 7.53. The molecular formula is C21H31FN4O2. The lowest BCUT2D eigenvalue weighted by atomic mass is 9.94. The van der Waals surface area contributed by atoms with Crippen LogP contribution in [0.1, 0.15) is 51.9 Å². The van der Waals surface area contributed by atoms with Crippen molar-refractivity contribution in [3.05, 3.63) is 24.0 Å². The van der Waals surface area contributed by atoms with Gasteiger partial charge in [0.05, 0.1) is 5.69 Å². The number of nitrogens with zero attached hydrogens (tertiary/aromatic N) is 2. The molecule has 1 aliphatic carbocycles. The quantitative estimate of drug-likeness (QED) is 0.823. The van der Waals surface area contributed by atoms with Gasteiger partial charge in [0.1, 0.15) is 5.82 Å². The molecule has 0 radical (unpaired) electrons. The van der Waals surface area contributed by atoms with Crippen molar-refractivity contribution in [3.8, 4) is 0 Å².